The van der Waals surface area contributed by atoms with Crippen LogP contribution in [0.3, 0.4) is 0 Å². The summed E-state index contributed by atoms with van der Waals surface area (Å²) in [6.45, 7) is 0. The van der Waals surface area contributed by atoms with Gasteiger partial charge in [-0.05, 0) is 12.1 Å². The van der Waals surface area contributed by atoms with Crippen molar-refractivity contribution in [2.75, 3.05) is 19.5 Å². The van der Waals surface area contributed by atoms with Crippen molar-refractivity contribution in [3.05, 3.63) is 30.1 Å². The van der Waals surface area contributed by atoms with Crippen LogP contribution >= 0.6 is 0 Å². The minimum atomic E-state index is -0.465. The van der Waals surface area contributed by atoms with Crippen molar-refractivity contribution in [1.29, 1.82) is 0 Å². The average molecular weight is 232 g/mol. The lowest BCUT2D eigenvalue weighted by atomic mass is 10.3. The van der Waals surface area contributed by atoms with Gasteiger partial charge in [0.15, 0.2) is 5.82 Å². The highest BCUT2D eigenvalue weighted by Gasteiger charge is 2.14. The molecule has 2 N–H and O–H groups in total. The number of hydrogen-bond acceptors (Lipinski definition) is 5. The van der Waals surface area contributed by atoms with Crippen LogP contribution in [0.15, 0.2) is 24.5 Å². The zero-order valence-corrected chi connectivity index (χ0v) is 9.52. The standard InChI is InChI=1S/C11H12N4O2/c1-12-9-7(11(16)17-2)6-14-10(15-9)8-4-3-5-13-8/h3-6,13H,1-2H3,(H,12,14,15). The quantitative estimate of drug-likeness (QED) is 0.780. The molecule has 0 aromatic carbocycles. The smallest absolute Gasteiger partial charge is 0.343 e. The molecule has 6 nitrogen and oxygen atoms in total. The fourth-order valence-corrected chi connectivity index (χ4v) is 1.43. The first kappa shape index (κ1) is 11.1. The van der Waals surface area contributed by atoms with E-state index in [0.717, 1.165) is 5.69 Å². The van der Waals surface area contributed by atoms with Gasteiger partial charge >= 0.3 is 5.97 Å². The molecule has 2 aromatic rings. The van der Waals surface area contributed by atoms with Gasteiger partial charge in [-0.25, -0.2) is 14.8 Å². The van der Waals surface area contributed by atoms with E-state index in [-0.39, 0.29) is 0 Å². The Labute approximate surface area is 98.1 Å². The number of anilines is 1. The van der Waals surface area contributed by atoms with Gasteiger partial charge in [-0.1, -0.05) is 0 Å². The van der Waals surface area contributed by atoms with Crippen LogP contribution in [0.2, 0.25) is 0 Å². The molecule has 0 bridgehead atoms. The van der Waals surface area contributed by atoms with E-state index in [4.69, 9.17) is 0 Å². The third-order valence-corrected chi connectivity index (χ3v) is 2.27. The molecule has 88 valence electrons. The van der Waals surface area contributed by atoms with E-state index in [0.29, 0.717) is 17.2 Å². The number of nitrogens with one attached hydrogen (secondary N) is 2. The summed E-state index contributed by atoms with van der Waals surface area (Å²) >= 11 is 0. The first-order valence-electron chi connectivity index (χ1n) is 5.03. The van der Waals surface area contributed by atoms with E-state index in [2.05, 4.69) is 25.0 Å². The van der Waals surface area contributed by atoms with E-state index in [9.17, 15) is 4.79 Å². The minimum Gasteiger partial charge on any atom is -0.465 e. The Morgan fingerprint density at radius 3 is 2.94 bits per heavy atom. The molecule has 2 rings (SSSR count). The Hall–Kier alpha value is -2.37. The second kappa shape index (κ2) is 4.65. The summed E-state index contributed by atoms with van der Waals surface area (Å²) in [6, 6.07) is 3.71. The molecular formula is C11H12N4O2. The van der Waals surface area contributed by atoms with Crippen LogP contribution in [0, 0.1) is 0 Å². The van der Waals surface area contributed by atoms with E-state index >= 15 is 0 Å². The Balaban J connectivity index is 2.44. The monoisotopic (exact) mass is 232 g/mol. The molecule has 0 saturated carbocycles. The molecule has 2 heterocycles. The van der Waals surface area contributed by atoms with Crippen molar-refractivity contribution in [2.24, 2.45) is 0 Å². The Bertz CT molecular complexity index is 522. The summed E-state index contributed by atoms with van der Waals surface area (Å²) in [5.41, 5.74) is 1.10. The molecule has 6 heteroatoms. The number of H-pyrrole nitrogens is 1. The van der Waals surface area contributed by atoms with Crippen LogP contribution in [0.1, 0.15) is 10.4 Å². The second-order valence-corrected chi connectivity index (χ2v) is 3.28. The lowest BCUT2D eigenvalue weighted by Crippen LogP contribution is -2.09. The van der Waals surface area contributed by atoms with Crippen molar-refractivity contribution >= 4 is 11.8 Å². The zero-order chi connectivity index (χ0) is 12.3. The van der Waals surface area contributed by atoms with Gasteiger partial charge in [0, 0.05) is 19.4 Å². The van der Waals surface area contributed by atoms with Crippen LogP contribution in [-0.2, 0) is 4.74 Å². The van der Waals surface area contributed by atoms with Crippen LogP contribution in [0.25, 0.3) is 11.5 Å². The van der Waals surface area contributed by atoms with E-state index in [1.807, 2.05) is 12.1 Å². The summed E-state index contributed by atoms with van der Waals surface area (Å²) in [5.74, 6) is 0.496. The summed E-state index contributed by atoms with van der Waals surface area (Å²) in [4.78, 5) is 22.8. The Morgan fingerprint density at radius 1 is 1.53 bits per heavy atom. The van der Waals surface area contributed by atoms with Crippen molar-refractivity contribution in [1.82, 2.24) is 15.0 Å². The molecule has 0 spiro atoms. The molecule has 0 saturated heterocycles. The zero-order valence-electron chi connectivity index (χ0n) is 9.52. The number of methoxy groups -OCH3 is 1. The van der Waals surface area contributed by atoms with Crippen molar-refractivity contribution in [3.63, 3.8) is 0 Å². The minimum absolute atomic E-state index is 0.310. The number of aromatic nitrogens is 3. The van der Waals surface area contributed by atoms with Crippen molar-refractivity contribution in [2.45, 2.75) is 0 Å². The third-order valence-electron chi connectivity index (χ3n) is 2.27. The van der Waals surface area contributed by atoms with Gasteiger partial charge in [0.1, 0.15) is 11.4 Å². The van der Waals surface area contributed by atoms with Crippen LogP contribution in [0.4, 0.5) is 5.82 Å². The molecule has 0 aliphatic carbocycles. The number of ether oxygens (including phenoxy) is 1. The predicted molar refractivity (Wildman–Crippen MR) is 62.7 cm³/mol. The largest absolute Gasteiger partial charge is 0.465 e. The Morgan fingerprint density at radius 2 is 2.35 bits per heavy atom. The van der Waals surface area contributed by atoms with Gasteiger partial charge in [-0.3, -0.25) is 0 Å². The number of aromatic amines is 1. The molecule has 0 aliphatic heterocycles. The highest BCUT2D eigenvalue weighted by Crippen LogP contribution is 2.17. The van der Waals surface area contributed by atoms with Gasteiger partial charge in [-0.15, -0.1) is 0 Å². The fourth-order valence-electron chi connectivity index (χ4n) is 1.43. The molecule has 0 atom stereocenters. The van der Waals surface area contributed by atoms with Crippen LogP contribution in [-0.4, -0.2) is 35.1 Å². The fraction of sp³-hybridized carbons (Fsp3) is 0.182. The van der Waals surface area contributed by atoms with Crippen molar-refractivity contribution < 1.29 is 9.53 Å². The maximum Gasteiger partial charge on any atom is 0.343 e. The number of hydrogen-bond donors (Lipinski definition) is 2. The summed E-state index contributed by atoms with van der Waals surface area (Å²) < 4.78 is 4.64. The summed E-state index contributed by atoms with van der Waals surface area (Å²) in [5, 5.41) is 2.85. The predicted octanol–water partition coefficient (Wildman–Crippen LogP) is 1.30. The maximum absolute atomic E-state index is 11.4. The highest BCUT2D eigenvalue weighted by atomic mass is 16.5. The lowest BCUT2D eigenvalue weighted by Gasteiger charge is -2.07. The number of carbonyl (C=O) groups is 1. The number of carbonyl (C=O) groups excluding carboxylic acids is 1. The number of esters is 1. The average Bonchev–Trinajstić information content (AvgIpc) is 2.91. The molecule has 17 heavy (non-hydrogen) atoms. The SMILES string of the molecule is CNc1nc(-c2ccc[nH]2)ncc1C(=O)OC. The van der Waals surface area contributed by atoms with Gasteiger partial charge in [0.05, 0.1) is 12.8 Å². The Kier molecular flexibility index (Phi) is 3.04. The van der Waals surface area contributed by atoms with E-state index < -0.39 is 5.97 Å². The first-order valence-corrected chi connectivity index (χ1v) is 5.03. The van der Waals surface area contributed by atoms with E-state index in [1.165, 1.54) is 13.3 Å². The van der Waals surface area contributed by atoms with Crippen molar-refractivity contribution in [3.8, 4) is 11.5 Å². The summed E-state index contributed by atoms with van der Waals surface area (Å²) in [6.07, 6.45) is 3.23. The summed E-state index contributed by atoms with van der Waals surface area (Å²) in [7, 11) is 3.01. The molecule has 2 aromatic heterocycles. The van der Waals surface area contributed by atoms with Gasteiger partial charge < -0.3 is 15.0 Å². The number of rotatable bonds is 3. The van der Waals surface area contributed by atoms with Crippen LogP contribution < -0.4 is 5.32 Å². The van der Waals surface area contributed by atoms with E-state index in [1.54, 1.807) is 13.2 Å². The molecule has 0 amide bonds. The first-order chi connectivity index (χ1) is 8.26. The van der Waals surface area contributed by atoms with Gasteiger partial charge in [0.25, 0.3) is 0 Å². The van der Waals surface area contributed by atoms with Gasteiger partial charge in [0.2, 0.25) is 0 Å². The second-order valence-electron chi connectivity index (χ2n) is 3.28. The molecule has 0 aliphatic rings. The topological polar surface area (TPSA) is 79.9 Å². The normalized spacial score (nSPS) is 10.0. The molecule has 0 unspecified atom stereocenters. The maximum atomic E-state index is 11.4. The molecule has 0 radical (unpaired) electrons. The highest BCUT2D eigenvalue weighted by molar-refractivity contribution is 5.94. The lowest BCUT2D eigenvalue weighted by molar-refractivity contribution is 0.0601. The third kappa shape index (κ3) is 2.10. The molecular weight excluding hydrogens is 220 g/mol. The van der Waals surface area contributed by atoms with Crippen LogP contribution in [0.5, 0.6) is 0 Å². The van der Waals surface area contributed by atoms with Gasteiger partial charge in [-0.2, -0.15) is 0 Å². The molecule has 0 fully saturated rings. The number of nitrogens with zero attached hydrogens (tertiary/aromatic N) is 2.